The van der Waals surface area contributed by atoms with Crippen molar-refractivity contribution < 1.29 is 23.0 Å². The Balaban J connectivity index is 1.57. The van der Waals surface area contributed by atoms with Crippen LogP contribution in [-0.4, -0.2) is 13.0 Å². The SMILES string of the molecule is COc1ccc([C@H]2NC(=O)c3cc(C(C)C)sc3N2)cc1COc1ccc(F)cc1F. The largest absolute Gasteiger partial charge is 0.496 e. The topological polar surface area (TPSA) is 59.6 Å². The van der Waals surface area contributed by atoms with Gasteiger partial charge in [0, 0.05) is 16.5 Å². The highest BCUT2D eigenvalue weighted by Gasteiger charge is 2.28. The zero-order valence-electron chi connectivity index (χ0n) is 17.3. The maximum absolute atomic E-state index is 13.9. The first-order valence-electron chi connectivity index (χ1n) is 9.81. The van der Waals surface area contributed by atoms with E-state index in [1.165, 1.54) is 13.2 Å². The number of hydrogen-bond donors (Lipinski definition) is 2. The maximum atomic E-state index is 13.9. The minimum absolute atomic E-state index is 0.0159. The number of fused-ring (bicyclic) bond motifs is 1. The summed E-state index contributed by atoms with van der Waals surface area (Å²) in [4.78, 5) is 13.8. The molecule has 0 aliphatic carbocycles. The van der Waals surface area contributed by atoms with Crippen LogP contribution in [0.3, 0.4) is 0 Å². The first-order chi connectivity index (χ1) is 14.9. The summed E-state index contributed by atoms with van der Waals surface area (Å²) in [6.07, 6.45) is -0.425. The lowest BCUT2D eigenvalue weighted by molar-refractivity contribution is 0.0936. The summed E-state index contributed by atoms with van der Waals surface area (Å²) in [5.41, 5.74) is 2.12. The minimum Gasteiger partial charge on any atom is -0.496 e. The second kappa shape index (κ2) is 8.55. The smallest absolute Gasteiger partial charge is 0.256 e. The predicted octanol–water partition coefficient (Wildman–Crippen LogP) is 5.59. The molecule has 0 fully saturated rings. The van der Waals surface area contributed by atoms with Crippen molar-refractivity contribution in [3.8, 4) is 11.5 Å². The highest BCUT2D eigenvalue weighted by Crippen LogP contribution is 2.38. The van der Waals surface area contributed by atoms with Crippen molar-refractivity contribution in [3.63, 3.8) is 0 Å². The number of hydrogen-bond acceptors (Lipinski definition) is 5. The Kier molecular flexibility index (Phi) is 5.82. The number of carbonyl (C=O) groups is 1. The van der Waals surface area contributed by atoms with Crippen LogP contribution < -0.4 is 20.1 Å². The highest BCUT2D eigenvalue weighted by atomic mass is 32.1. The molecule has 0 saturated heterocycles. The van der Waals surface area contributed by atoms with Crippen LogP contribution in [0.5, 0.6) is 11.5 Å². The number of methoxy groups -OCH3 is 1. The molecule has 5 nitrogen and oxygen atoms in total. The van der Waals surface area contributed by atoms with Gasteiger partial charge in [-0.25, -0.2) is 8.78 Å². The van der Waals surface area contributed by atoms with Gasteiger partial charge in [-0.1, -0.05) is 19.9 Å². The molecule has 0 spiro atoms. The molecule has 0 unspecified atom stereocenters. The molecule has 0 bridgehead atoms. The molecule has 1 amide bonds. The van der Waals surface area contributed by atoms with Crippen LogP contribution in [0.25, 0.3) is 0 Å². The van der Waals surface area contributed by atoms with Crippen LogP contribution in [0.15, 0.2) is 42.5 Å². The number of ether oxygens (including phenoxy) is 2. The lowest BCUT2D eigenvalue weighted by Crippen LogP contribution is -2.37. The molecule has 31 heavy (non-hydrogen) atoms. The van der Waals surface area contributed by atoms with E-state index in [9.17, 15) is 13.6 Å². The van der Waals surface area contributed by atoms with Crippen LogP contribution in [0.1, 0.15) is 52.3 Å². The minimum atomic E-state index is -0.775. The quantitative estimate of drug-likeness (QED) is 0.520. The van der Waals surface area contributed by atoms with E-state index in [-0.39, 0.29) is 18.3 Å². The lowest BCUT2D eigenvalue weighted by Gasteiger charge is -2.26. The summed E-state index contributed by atoms with van der Waals surface area (Å²) >= 11 is 1.57. The molecular weight excluding hydrogens is 422 g/mol. The zero-order valence-corrected chi connectivity index (χ0v) is 18.1. The summed E-state index contributed by atoms with van der Waals surface area (Å²) in [6.45, 7) is 4.20. The number of thiophene rings is 1. The first kappa shape index (κ1) is 21.1. The van der Waals surface area contributed by atoms with Crippen LogP contribution in [0.2, 0.25) is 0 Å². The normalized spacial score (nSPS) is 15.3. The Bertz CT molecular complexity index is 1130. The third-order valence-electron chi connectivity index (χ3n) is 5.03. The molecule has 2 aromatic carbocycles. The molecule has 0 saturated carbocycles. The third-order valence-corrected chi connectivity index (χ3v) is 6.40. The molecule has 4 rings (SSSR count). The Morgan fingerprint density at radius 2 is 1.84 bits per heavy atom. The fourth-order valence-electron chi connectivity index (χ4n) is 3.35. The van der Waals surface area contributed by atoms with Crippen molar-refractivity contribution in [2.75, 3.05) is 12.4 Å². The first-order valence-corrected chi connectivity index (χ1v) is 10.6. The maximum Gasteiger partial charge on any atom is 0.256 e. The molecule has 1 atom stereocenters. The van der Waals surface area contributed by atoms with Crippen LogP contribution >= 0.6 is 11.3 Å². The van der Waals surface area contributed by atoms with Crippen molar-refractivity contribution in [1.82, 2.24) is 5.32 Å². The van der Waals surface area contributed by atoms with Gasteiger partial charge >= 0.3 is 0 Å². The third kappa shape index (κ3) is 4.34. The van der Waals surface area contributed by atoms with Gasteiger partial charge in [-0.3, -0.25) is 4.79 Å². The molecule has 1 aliphatic heterocycles. The number of nitrogens with one attached hydrogen (secondary N) is 2. The molecule has 1 aliphatic rings. The van der Waals surface area contributed by atoms with E-state index in [4.69, 9.17) is 9.47 Å². The fraction of sp³-hybridized carbons (Fsp3) is 0.261. The predicted molar refractivity (Wildman–Crippen MR) is 116 cm³/mol. The Hall–Kier alpha value is -3.13. The summed E-state index contributed by atoms with van der Waals surface area (Å²) in [5.74, 6) is -0.738. The van der Waals surface area contributed by atoms with Gasteiger partial charge in [0.2, 0.25) is 0 Å². The summed E-state index contributed by atoms with van der Waals surface area (Å²) in [6, 6.07) is 10.5. The number of benzene rings is 2. The summed E-state index contributed by atoms with van der Waals surface area (Å²) < 4.78 is 37.9. The standard InChI is InChI=1S/C23H22F2N2O3S/c1-12(2)20-10-16-22(28)26-21(27-23(16)31-20)13-4-6-18(29-3)14(8-13)11-30-19-7-5-15(24)9-17(19)25/h4-10,12,21,27H,11H2,1-3H3,(H,26,28)/t21-/m0/s1. The molecule has 3 aromatic rings. The van der Waals surface area contributed by atoms with Gasteiger partial charge in [0.15, 0.2) is 11.6 Å². The molecule has 1 aromatic heterocycles. The second-order valence-electron chi connectivity index (χ2n) is 7.53. The number of anilines is 1. The molecule has 2 heterocycles. The van der Waals surface area contributed by atoms with E-state index < -0.39 is 17.8 Å². The van der Waals surface area contributed by atoms with Crippen molar-refractivity contribution in [2.24, 2.45) is 0 Å². The molecular formula is C23H22F2N2O3S. The number of rotatable bonds is 6. The van der Waals surface area contributed by atoms with E-state index in [0.717, 1.165) is 27.6 Å². The van der Waals surface area contributed by atoms with Gasteiger partial charge in [0.05, 0.1) is 12.7 Å². The van der Waals surface area contributed by atoms with Gasteiger partial charge in [0.25, 0.3) is 5.91 Å². The van der Waals surface area contributed by atoms with Crippen molar-refractivity contribution in [1.29, 1.82) is 0 Å². The monoisotopic (exact) mass is 444 g/mol. The number of amides is 1. The average molecular weight is 445 g/mol. The summed E-state index contributed by atoms with van der Waals surface area (Å²) in [7, 11) is 1.53. The summed E-state index contributed by atoms with van der Waals surface area (Å²) in [5, 5.41) is 7.18. The number of carbonyl (C=O) groups excluding carboxylic acids is 1. The fourth-order valence-corrected chi connectivity index (χ4v) is 4.44. The Morgan fingerprint density at radius 1 is 1.06 bits per heavy atom. The van der Waals surface area contributed by atoms with E-state index in [2.05, 4.69) is 24.5 Å². The lowest BCUT2D eigenvalue weighted by atomic mass is 10.1. The van der Waals surface area contributed by atoms with Gasteiger partial charge in [0.1, 0.15) is 29.3 Å². The van der Waals surface area contributed by atoms with Crippen molar-refractivity contribution in [2.45, 2.75) is 32.5 Å². The van der Waals surface area contributed by atoms with Gasteiger partial charge < -0.3 is 20.1 Å². The Morgan fingerprint density at radius 3 is 2.55 bits per heavy atom. The highest BCUT2D eigenvalue weighted by molar-refractivity contribution is 7.16. The zero-order chi connectivity index (χ0) is 22.1. The molecule has 0 radical (unpaired) electrons. The second-order valence-corrected chi connectivity index (χ2v) is 8.62. The van der Waals surface area contributed by atoms with Crippen LogP contribution in [0.4, 0.5) is 13.8 Å². The van der Waals surface area contributed by atoms with E-state index >= 15 is 0 Å². The van der Waals surface area contributed by atoms with Crippen molar-refractivity contribution in [3.05, 3.63) is 75.7 Å². The average Bonchev–Trinajstić information content (AvgIpc) is 3.18. The van der Waals surface area contributed by atoms with Crippen LogP contribution in [-0.2, 0) is 6.61 Å². The number of halogens is 2. The van der Waals surface area contributed by atoms with Gasteiger partial charge in [-0.15, -0.1) is 11.3 Å². The van der Waals surface area contributed by atoms with Crippen LogP contribution in [0, 0.1) is 11.6 Å². The Labute approximate surface area is 183 Å². The molecule has 162 valence electrons. The van der Waals surface area contributed by atoms with Gasteiger partial charge in [-0.2, -0.15) is 0 Å². The van der Waals surface area contributed by atoms with E-state index in [0.29, 0.717) is 22.8 Å². The van der Waals surface area contributed by atoms with Crippen molar-refractivity contribution >= 4 is 22.2 Å². The molecule has 2 N–H and O–H groups in total. The van der Waals surface area contributed by atoms with Gasteiger partial charge in [-0.05, 0) is 41.8 Å². The van der Waals surface area contributed by atoms with E-state index in [1.54, 1.807) is 17.4 Å². The molecule has 8 heteroatoms. The van der Waals surface area contributed by atoms with E-state index in [1.807, 2.05) is 18.2 Å².